The van der Waals surface area contributed by atoms with E-state index in [2.05, 4.69) is 0 Å². The molecule has 5 heteroatoms. The van der Waals surface area contributed by atoms with Gasteiger partial charge in [0.2, 0.25) is 0 Å². The molecule has 1 rings (SSSR count). The smallest absolute Gasteiger partial charge is 0.147 e. The van der Waals surface area contributed by atoms with Crippen LogP contribution in [0.5, 0.6) is 0 Å². The fraction of sp³-hybridized carbons (Fsp3) is 0.538. The lowest BCUT2D eigenvalue weighted by Gasteiger charge is -2.23. The molecular formula is C13H19FO3S. The lowest BCUT2D eigenvalue weighted by Crippen LogP contribution is -2.28. The maximum atomic E-state index is 13.4. The molecule has 0 saturated heterocycles. The Morgan fingerprint density at radius 2 is 1.94 bits per heavy atom. The second-order valence-electron chi connectivity index (χ2n) is 5.00. The van der Waals surface area contributed by atoms with E-state index in [0.29, 0.717) is 18.4 Å². The van der Waals surface area contributed by atoms with Crippen LogP contribution in [0.15, 0.2) is 24.3 Å². The van der Waals surface area contributed by atoms with E-state index >= 15 is 0 Å². The third-order valence-corrected chi connectivity index (χ3v) is 3.79. The second-order valence-corrected chi connectivity index (χ2v) is 7.26. The zero-order valence-corrected chi connectivity index (χ0v) is 11.5. The molecule has 18 heavy (non-hydrogen) atoms. The van der Waals surface area contributed by atoms with Crippen molar-refractivity contribution < 1.29 is 17.9 Å². The first-order chi connectivity index (χ1) is 8.20. The number of sulfone groups is 1. The molecule has 1 atom stereocenters. The molecular weight excluding hydrogens is 255 g/mol. The van der Waals surface area contributed by atoms with Crippen LogP contribution < -0.4 is 0 Å². The highest BCUT2D eigenvalue weighted by Gasteiger charge is 2.22. The average molecular weight is 274 g/mol. The molecule has 0 aliphatic heterocycles. The molecule has 0 saturated carbocycles. The topological polar surface area (TPSA) is 54.4 Å². The van der Waals surface area contributed by atoms with Crippen molar-refractivity contribution >= 4 is 9.84 Å². The van der Waals surface area contributed by atoms with Crippen molar-refractivity contribution in [3.8, 4) is 0 Å². The van der Waals surface area contributed by atoms with Crippen LogP contribution in [0.3, 0.4) is 0 Å². The SMILES string of the molecule is CC(O)(CCCS(C)(=O)=O)Cc1ccccc1F. The summed E-state index contributed by atoms with van der Waals surface area (Å²) in [5.74, 6) is -0.304. The molecule has 0 heterocycles. The van der Waals surface area contributed by atoms with Gasteiger partial charge in [-0.05, 0) is 31.4 Å². The van der Waals surface area contributed by atoms with Gasteiger partial charge in [-0.2, -0.15) is 0 Å². The van der Waals surface area contributed by atoms with E-state index < -0.39 is 15.4 Å². The van der Waals surface area contributed by atoms with E-state index in [4.69, 9.17) is 0 Å². The van der Waals surface area contributed by atoms with Gasteiger partial charge in [-0.3, -0.25) is 0 Å². The van der Waals surface area contributed by atoms with Crippen LogP contribution in [0.25, 0.3) is 0 Å². The number of benzene rings is 1. The Morgan fingerprint density at radius 1 is 1.33 bits per heavy atom. The molecule has 1 N–H and O–H groups in total. The highest BCUT2D eigenvalue weighted by atomic mass is 32.2. The van der Waals surface area contributed by atoms with Crippen molar-refractivity contribution in [3.63, 3.8) is 0 Å². The van der Waals surface area contributed by atoms with Crippen LogP contribution in [0.4, 0.5) is 4.39 Å². The quantitative estimate of drug-likeness (QED) is 0.862. The molecule has 1 unspecified atom stereocenters. The Bertz CT molecular complexity index is 495. The van der Waals surface area contributed by atoms with Crippen molar-refractivity contribution in [1.82, 2.24) is 0 Å². The van der Waals surface area contributed by atoms with Crippen molar-refractivity contribution in [2.24, 2.45) is 0 Å². The Morgan fingerprint density at radius 3 is 2.50 bits per heavy atom. The maximum absolute atomic E-state index is 13.4. The van der Waals surface area contributed by atoms with E-state index in [9.17, 15) is 17.9 Å². The highest BCUT2D eigenvalue weighted by Crippen LogP contribution is 2.20. The van der Waals surface area contributed by atoms with Gasteiger partial charge in [0.1, 0.15) is 15.7 Å². The predicted octanol–water partition coefficient (Wildman–Crippen LogP) is 1.94. The maximum Gasteiger partial charge on any atom is 0.147 e. The minimum Gasteiger partial charge on any atom is -0.390 e. The molecule has 0 aliphatic rings. The van der Waals surface area contributed by atoms with Gasteiger partial charge < -0.3 is 5.11 Å². The fourth-order valence-electron chi connectivity index (χ4n) is 1.86. The molecule has 3 nitrogen and oxygen atoms in total. The number of halogens is 1. The third kappa shape index (κ3) is 5.60. The first kappa shape index (κ1) is 15.1. The molecule has 0 spiro atoms. The Balaban J connectivity index is 2.57. The number of rotatable bonds is 6. The molecule has 0 amide bonds. The molecule has 1 aromatic rings. The average Bonchev–Trinajstić information content (AvgIpc) is 2.18. The standard InChI is InChI=1S/C13H19FO3S/c1-13(15,8-5-9-18(2,16)17)10-11-6-3-4-7-12(11)14/h3-4,6-7,15H,5,8-10H2,1-2H3. The normalized spacial score (nSPS) is 15.3. The molecule has 0 fully saturated rings. The molecule has 0 radical (unpaired) electrons. The first-order valence-electron chi connectivity index (χ1n) is 5.83. The van der Waals surface area contributed by atoms with Gasteiger partial charge in [0, 0.05) is 18.4 Å². The molecule has 0 aromatic heterocycles. The second kappa shape index (κ2) is 5.80. The van der Waals surface area contributed by atoms with Crippen LogP contribution in [-0.4, -0.2) is 31.1 Å². The summed E-state index contributed by atoms with van der Waals surface area (Å²) >= 11 is 0. The molecule has 1 aromatic carbocycles. The van der Waals surface area contributed by atoms with Crippen LogP contribution in [0.1, 0.15) is 25.3 Å². The Hall–Kier alpha value is -0.940. The summed E-state index contributed by atoms with van der Waals surface area (Å²) in [6, 6.07) is 6.28. The van der Waals surface area contributed by atoms with Crippen molar-refractivity contribution in [3.05, 3.63) is 35.6 Å². The van der Waals surface area contributed by atoms with Gasteiger partial charge in [-0.1, -0.05) is 18.2 Å². The summed E-state index contributed by atoms with van der Waals surface area (Å²) in [7, 11) is -3.01. The summed E-state index contributed by atoms with van der Waals surface area (Å²) in [5.41, 5.74) is -0.644. The van der Waals surface area contributed by atoms with E-state index in [1.807, 2.05) is 0 Å². The zero-order valence-electron chi connectivity index (χ0n) is 10.7. The number of hydrogen-bond donors (Lipinski definition) is 1. The molecule has 102 valence electrons. The first-order valence-corrected chi connectivity index (χ1v) is 7.89. The van der Waals surface area contributed by atoms with Gasteiger partial charge in [0.25, 0.3) is 0 Å². The van der Waals surface area contributed by atoms with E-state index in [1.165, 1.54) is 12.3 Å². The van der Waals surface area contributed by atoms with Gasteiger partial charge in [0.15, 0.2) is 0 Å². The zero-order chi connectivity index (χ0) is 13.8. The summed E-state index contributed by atoms with van der Waals surface area (Å²) in [6.45, 7) is 1.60. The largest absolute Gasteiger partial charge is 0.390 e. The lowest BCUT2D eigenvalue weighted by molar-refractivity contribution is 0.0499. The van der Waals surface area contributed by atoms with Crippen molar-refractivity contribution in [2.45, 2.75) is 31.8 Å². The van der Waals surface area contributed by atoms with Crippen LogP contribution in [0.2, 0.25) is 0 Å². The third-order valence-electron chi connectivity index (χ3n) is 2.76. The lowest BCUT2D eigenvalue weighted by atomic mass is 9.92. The van der Waals surface area contributed by atoms with Crippen LogP contribution in [-0.2, 0) is 16.3 Å². The van der Waals surface area contributed by atoms with Crippen molar-refractivity contribution in [2.75, 3.05) is 12.0 Å². The van der Waals surface area contributed by atoms with Crippen molar-refractivity contribution in [1.29, 1.82) is 0 Å². The summed E-state index contributed by atoms with van der Waals surface area (Å²) < 4.78 is 35.4. The summed E-state index contributed by atoms with van der Waals surface area (Å²) in [5, 5.41) is 10.1. The van der Waals surface area contributed by atoms with E-state index in [0.717, 1.165) is 0 Å². The van der Waals surface area contributed by atoms with E-state index in [-0.39, 0.29) is 18.0 Å². The minimum absolute atomic E-state index is 0.0421. The van der Waals surface area contributed by atoms with Crippen LogP contribution >= 0.6 is 0 Å². The molecule has 0 aliphatic carbocycles. The monoisotopic (exact) mass is 274 g/mol. The minimum atomic E-state index is -3.01. The molecule has 0 bridgehead atoms. The summed E-state index contributed by atoms with van der Waals surface area (Å²) in [4.78, 5) is 0. The number of hydrogen-bond acceptors (Lipinski definition) is 3. The van der Waals surface area contributed by atoms with Gasteiger partial charge in [-0.25, -0.2) is 12.8 Å². The van der Waals surface area contributed by atoms with Gasteiger partial charge in [0.05, 0.1) is 5.60 Å². The fourth-order valence-corrected chi connectivity index (χ4v) is 2.52. The number of aliphatic hydroxyl groups is 1. The highest BCUT2D eigenvalue weighted by molar-refractivity contribution is 7.90. The Kier molecular flexibility index (Phi) is 4.87. The van der Waals surface area contributed by atoms with E-state index in [1.54, 1.807) is 25.1 Å². The van der Waals surface area contributed by atoms with Crippen LogP contribution in [0, 0.1) is 5.82 Å². The van der Waals surface area contributed by atoms with Gasteiger partial charge in [-0.15, -0.1) is 0 Å². The predicted molar refractivity (Wildman–Crippen MR) is 69.7 cm³/mol. The van der Waals surface area contributed by atoms with Gasteiger partial charge >= 0.3 is 0 Å². The Labute approximate surface area is 108 Å². The summed E-state index contributed by atoms with van der Waals surface area (Å²) in [6.07, 6.45) is 2.05.